The standard InChI is InChI=1S/C15H19NO2/c1-2-6-15-13(4-1)12-14(18-15)5-3-7-16-8-10-17-11-9-16/h1-2,4,6,12H,3,5,7-11H2. The minimum absolute atomic E-state index is 0.880. The van der Waals surface area contributed by atoms with Crippen molar-refractivity contribution in [3.63, 3.8) is 0 Å². The molecule has 1 aliphatic rings. The smallest absolute Gasteiger partial charge is 0.134 e. The van der Waals surface area contributed by atoms with Gasteiger partial charge in [-0.2, -0.15) is 0 Å². The lowest BCUT2D eigenvalue weighted by molar-refractivity contribution is 0.0373. The van der Waals surface area contributed by atoms with Crippen LogP contribution in [-0.2, 0) is 11.2 Å². The van der Waals surface area contributed by atoms with E-state index >= 15 is 0 Å². The summed E-state index contributed by atoms with van der Waals surface area (Å²) in [7, 11) is 0. The molecule has 1 aromatic heterocycles. The van der Waals surface area contributed by atoms with Gasteiger partial charge in [-0.3, -0.25) is 4.90 Å². The maximum absolute atomic E-state index is 5.81. The van der Waals surface area contributed by atoms with E-state index in [1.54, 1.807) is 0 Å². The third-order valence-electron chi connectivity index (χ3n) is 3.48. The number of fused-ring (bicyclic) bond motifs is 1. The molecule has 0 atom stereocenters. The summed E-state index contributed by atoms with van der Waals surface area (Å²) in [5.41, 5.74) is 0.999. The summed E-state index contributed by atoms with van der Waals surface area (Å²) < 4.78 is 11.2. The first kappa shape index (κ1) is 11.8. The second-order valence-electron chi connectivity index (χ2n) is 4.81. The van der Waals surface area contributed by atoms with E-state index in [1.165, 1.54) is 5.39 Å². The molecule has 3 heteroatoms. The SMILES string of the molecule is c1ccc2oc(CCCN3CCOCC3)cc2c1. The Morgan fingerprint density at radius 2 is 1.94 bits per heavy atom. The number of aryl methyl sites for hydroxylation is 1. The van der Waals surface area contributed by atoms with E-state index in [-0.39, 0.29) is 0 Å². The van der Waals surface area contributed by atoms with Crippen LogP contribution in [-0.4, -0.2) is 37.7 Å². The van der Waals surface area contributed by atoms with Gasteiger partial charge in [0.25, 0.3) is 0 Å². The molecule has 0 N–H and O–H groups in total. The molecule has 0 unspecified atom stereocenters. The summed E-state index contributed by atoms with van der Waals surface area (Å²) in [5, 5.41) is 1.21. The summed E-state index contributed by atoms with van der Waals surface area (Å²) in [6.45, 7) is 5.04. The number of hydrogen-bond acceptors (Lipinski definition) is 3. The van der Waals surface area contributed by atoms with Crippen molar-refractivity contribution in [2.24, 2.45) is 0 Å². The number of furan rings is 1. The fourth-order valence-electron chi connectivity index (χ4n) is 2.46. The Morgan fingerprint density at radius 3 is 2.78 bits per heavy atom. The van der Waals surface area contributed by atoms with E-state index in [2.05, 4.69) is 23.1 Å². The van der Waals surface area contributed by atoms with Crippen LogP contribution in [0.25, 0.3) is 11.0 Å². The molecule has 2 aromatic rings. The van der Waals surface area contributed by atoms with Gasteiger partial charge in [0, 0.05) is 24.9 Å². The molecule has 18 heavy (non-hydrogen) atoms. The summed E-state index contributed by atoms with van der Waals surface area (Å²) >= 11 is 0. The van der Waals surface area contributed by atoms with Crippen LogP contribution in [0.1, 0.15) is 12.2 Å². The predicted octanol–water partition coefficient (Wildman–Crippen LogP) is 2.70. The van der Waals surface area contributed by atoms with Crippen molar-refractivity contribution in [2.75, 3.05) is 32.8 Å². The van der Waals surface area contributed by atoms with E-state index in [9.17, 15) is 0 Å². The maximum Gasteiger partial charge on any atom is 0.134 e. The summed E-state index contributed by atoms with van der Waals surface area (Å²) in [5.74, 6) is 1.10. The van der Waals surface area contributed by atoms with Gasteiger partial charge >= 0.3 is 0 Å². The van der Waals surface area contributed by atoms with Crippen LogP contribution < -0.4 is 0 Å². The lowest BCUT2D eigenvalue weighted by Gasteiger charge is -2.26. The van der Waals surface area contributed by atoms with E-state index in [4.69, 9.17) is 9.15 Å². The quantitative estimate of drug-likeness (QED) is 0.828. The van der Waals surface area contributed by atoms with Crippen LogP contribution >= 0.6 is 0 Å². The van der Waals surface area contributed by atoms with Crippen molar-refractivity contribution < 1.29 is 9.15 Å². The average molecular weight is 245 g/mol. The second kappa shape index (κ2) is 5.55. The van der Waals surface area contributed by atoms with Crippen LogP contribution in [0.2, 0.25) is 0 Å². The molecular formula is C15H19NO2. The first-order valence-electron chi connectivity index (χ1n) is 6.69. The highest BCUT2D eigenvalue weighted by Crippen LogP contribution is 2.19. The van der Waals surface area contributed by atoms with Gasteiger partial charge in [-0.15, -0.1) is 0 Å². The van der Waals surface area contributed by atoms with Gasteiger partial charge in [0.2, 0.25) is 0 Å². The highest BCUT2D eigenvalue weighted by atomic mass is 16.5. The molecule has 0 amide bonds. The Kier molecular flexibility index (Phi) is 3.62. The van der Waals surface area contributed by atoms with Gasteiger partial charge < -0.3 is 9.15 Å². The molecule has 96 valence electrons. The molecule has 0 saturated carbocycles. The molecule has 1 aliphatic heterocycles. The number of benzene rings is 1. The van der Waals surface area contributed by atoms with Crippen LogP contribution in [0.5, 0.6) is 0 Å². The number of nitrogens with zero attached hydrogens (tertiary/aromatic N) is 1. The molecule has 1 fully saturated rings. The third kappa shape index (κ3) is 2.74. The van der Waals surface area contributed by atoms with Gasteiger partial charge in [-0.25, -0.2) is 0 Å². The first-order chi connectivity index (χ1) is 8.92. The van der Waals surface area contributed by atoms with Crippen molar-refractivity contribution in [3.05, 3.63) is 36.1 Å². The molecule has 0 radical (unpaired) electrons. The zero-order valence-electron chi connectivity index (χ0n) is 10.6. The first-order valence-corrected chi connectivity index (χ1v) is 6.69. The van der Waals surface area contributed by atoms with E-state index in [1.807, 2.05) is 12.1 Å². The molecule has 0 aliphatic carbocycles. The van der Waals surface area contributed by atoms with E-state index < -0.39 is 0 Å². The van der Waals surface area contributed by atoms with Gasteiger partial charge in [-0.05, 0) is 25.1 Å². The third-order valence-corrected chi connectivity index (χ3v) is 3.48. The van der Waals surface area contributed by atoms with Crippen molar-refractivity contribution in [1.29, 1.82) is 0 Å². The molecule has 1 saturated heterocycles. The molecule has 3 nitrogen and oxygen atoms in total. The van der Waals surface area contributed by atoms with Crippen LogP contribution in [0.3, 0.4) is 0 Å². The number of hydrogen-bond donors (Lipinski definition) is 0. The van der Waals surface area contributed by atoms with Gasteiger partial charge in [0.1, 0.15) is 11.3 Å². The minimum Gasteiger partial charge on any atom is -0.461 e. The maximum atomic E-state index is 5.81. The number of morpholine rings is 1. The average Bonchev–Trinajstić information content (AvgIpc) is 2.82. The number of rotatable bonds is 4. The zero-order valence-corrected chi connectivity index (χ0v) is 10.6. The molecular weight excluding hydrogens is 226 g/mol. The zero-order chi connectivity index (χ0) is 12.2. The van der Waals surface area contributed by atoms with E-state index in [0.717, 1.165) is 57.0 Å². The van der Waals surface area contributed by atoms with Gasteiger partial charge in [0.05, 0.1) is 13.2 Å². The fraction of sp³-hybridized carbons (Fsp3) is 0.467. The van der Waals surface area contributed by atoms with Crippen molar-refractivity contribution in [1.82, 2.24) is 4.90 Å². The van der Waals surface area contributed by atoms with Gasteiger partial charge in [0.15, 0.2) is 0 Å². The Hall–Kier alpha value is -1.32. The van der Waals surface area contributed by atoms with Crippen LogP contribution in [0, 0.1) is 0 Å². The van der Waals surface area contributed by atoms with Crippen LogP contribution in [0.4, 0.5) is 0 Å². The van der Waals surface area contributed by atoms with Gasteiger partial charge in [-0.1, -0.05) is 18.2 Å². The summed E-state index contributed by atoms with van der Waals surface area (Å²) in [6, 6.07) is 10.4. The lowest BCUT2D eigenvalue weighted by atomic mass is 10.2. The lowest BCUT2D eigenvalue weighted by Crippen LogP contribution is -2.36. The van der Waals surface area contributed by atoms with E-state index in [0.29, 0.717) is 0 Å². The predicted molar refractivity (Wildman–Crippen MR) is 71.8 cm³/mol. The fourth-order valence-corrected chi connectivity index (χ4v) is 2.46. The number of para-hydroxylation sites is 1. The highest BCUT2D eigenvalue weighted by molar-refractivity contribution is 5.77. The topological polar surface area (TPSA) is 25.6 Å². The molecule has 0 spiro atoms. The molecule has 1 aromatic carbocycles. The Morgan fingerprint density at radius 1 is 1.11 bits per heavy atom. The summed E-state index contributed by atoms with van der Waals surface area (Å²) in [4.78, 5) is 2.46. The Bertz CT molecular complexity index is 467. The number of ether oxygens (including phenoxy) is 1. The van der Waals surface area contributed by atoms with Crippen molar-refractivity contribution >= 4 is 11.0 Å². The van der Waals surface area contributed by atoms with Crippen molar-refractivity contribution in [2.45, 2.75) is 12.8 Å². The molecule has 2 heterocycles. The monoisotopic (exact) mass is 245 g/mol. The van der Waals surface area contributed by atoms with Crippen LogP contribution in [0.15, 0.2) is 34.7 Å². The van der Waals surface area contributed by atoms with Crippen molar-refractivity contribution in [3.8, 4) is 0 Å². The Labute approximate surface area is 107 Å². The normalized spacial score (nSPS) is 17.3. The second-order valence-corrected chi connectivity index (χ2v) is 4.81. The molecule has 0 bridgehead atoms. The highest BCUT2D eigenvalue weighted by Gasteiger charge is 2.10. The molecule has 3 rings (SSSR count). The minimum atomic E-state index is 0.880. The largest absolute Gasteiger partial charge is 0.461 e. The Balaban J connectivity index is 1.53. The summed E-state index contributed by atoms with van der Waals surface area (Å²) in [6.07, 6.45) is 2.17.